The van der Waals surface area contributed by atoms with Crippen molar-refractivity contribution in [3.63, 3.8) is 0 Å². The van der Waals surface area contributed by atoms with Crippen molar-refractivity contribution in [2.45, 2.75) is 136 Å². The highest BCUT2D eigenvalue weighted by atomic mass is 16.4. The Bertz CT molecular complexity index is 692. The molecule has 0 aromatic heterocycles. The molecule has 0 aliphatic carbocycles. The topological polar surface area (TPSA) is 57.5 Å². The monoisotopic (exact) mass is 446 g/mol. The minimum absolute atomic E-state index is 0.0578. The molecule has 0 aliphatic rings. The van der Waals surface area contributed by atoms with Crippen molar-refractivity contribution in [2.24, 2.45) is 5.92 Å². The standard InChI is InChI=1S/C29H50O3/c1-8-9-10-11-12-13-14-15-16-17-18-22(27(31)32)19-23-20-24(28(2,3)4)21-25(26(23)30)29(5,6)7/h20-22,30H,8-19H2,1-7H3,(H,31,32). The van der Waals surface area contributed by atoms with Crippen LogP contribution >= 0.6 is 0 Å². The molecule has 3 heteroatoms. The number of unbranched alkanes of at least 4 members (excludes halogenated alkanes) is 9. The number of phenols is 1. The van der Waals surface area contributed by atoms with E-state index in [0.717, 1.165) is 29.5 Å². The van der Waals surface area contributed by atoms with Gasteiger partial charge in [-0.1, -0.05) is 125 Å². The molecule has 2 N–H and O–H groups in total. The maximum absolute atomic E-state index is 12.0. The minimum atomic E-state index is -0.751. The molecule has 32 heavy (non-hydrogen) atoms. The van der Waals surface area contributed by atoms with Crippen LogP contribution in [0.15, 0.2) is 12.1 Å². The molecule has 0 radical (unpaired) electrons. The molecule has 1 unspecified atom stereocenters. The Morgan fingerprint density at radius 2 is 1.31 bits per heavy atom. The van der Waals surface area contributed by atoms with Crippen molar-refractivity contribution in [3.8, 4) is 5.75 Å². The molecule has 0 spiro atoms. The number of hydrogen-bond acceptors (Lipinski definition) is 2. The van der Waals surface area contributed by atoms with Gasteiger partial charge >= 0.3 is 5.97 Å². The zero-order valence-corrected chi connectivity index (χ0v) is 22.0. The normalized spacial score (nSPS) is 13.3. The largest absolute Gasteiger partial charge is 0.507 e. The van der Waals surface area contributed by atoms with Crippen LogP contribution < -0.4 is 0 Å². The van der Waals surface area contributed by atoms with Crippen molar-refractivity contribution in [1.82, 2.24) is 0 Å². The maximum atomic E-state index is 12.0. The molecule has 0 amide bonds. The van der Waals surface area contributed by atoms with Crippen LogP contribution in [0.1, 0.15) is 136 Å². The molecule has 0 fully saturated rings. The molecule has 1 rings (SSSR count). The van der Waals surface area contributed by atoms with Crippen LogP contribution in [0.2, 0.25) is 0 Å². The molecule has 3 nitrogen and oxygen atoms in total. The highest BCUT2D eigenvalue weighted by Gasteiger charge is 2.27. The van der Waals surface area contributed by atoms with E-state index in [1.807, 2.05) is 6.07 Å². The highest BCUT2D eigenvalue weighted by molar-refractivity contribution is 5.70. The summed E-state index contributed by atoms with van der Waals surface area (Å²) in [6.45, 7) is 15.0. The van der Waals surface area contributed by atoms with Crippen molar-refractivity contribution >= 4 is 5.97 Å². The van der Waals surface area contributed by atoms with Gasteiger partial charge in [0.25, 0.3) is 0 Å². The summed E-state index contributed by atoms with van der Waals surface area (Å²) in [5, 5.41) is 20.8. The van der Waals surface area contributed by atoms with Gasteiger partial charge in [0.15, 0.2) is 0 Å². The number of hydrogen-bond donors (Lipinski definition) is 2. The molecule has 1 atom stereocenters. The lowest BCUT2D eigenvalue weighted by Gasteiger charge is -2.28. The third-order valence-corrected chi connectivity index (χ3v) is 6.58. The fourth-order valence-corrected chi connectivity index (χ4v) is 4.31. The van der Waals surface area contributed by atoms with Crippen LogP contribution in [0.5, 0.6) is 5.75 Å². The molecule has 1 aromatic carbocycles. The van der Waals surface area contributed by atoms with Crippen LogP contribution in [-0.2, 0) is 22.0 Å². The third kappa shape index (κ3) is 9.96. The summed E-state index contributed by atoms with van der Waals surface area (Å²) in [6, 6.07) is 4.12. The Hall–Kier alpha value is -1.51. The second-order valence-electron chi connectivity index (χ2n) is 11.7. The van der Waals surface area contributed by atoms with Gasteiger partial charge in [-0.3, -0.25) is 4.79 Å². The summed E-state index contributed by atoms with van der Waals surface area (Å²) in [4.78, 5) is 12.0. The second-order valence-corrected chi connectivity index (χ2v) is 11.7. The number of aliphatic carboxylic acids is 1. The van der Waals surface area contributed by atoms with Gasteiger partial charge < -0.3 is 10.2 Å². The van der Waals surface area contributed by atoms with Gasteiger partial charge in [0, 0.05) is 0 Å². The predicted molar refractivity (Wildman–Crippen MR) is 137 cm³/mol. The zero-order chi connectivity index (χ0) is 24.4. The molecule has 1 aromatic rings. The average Bonchev–Trinajstić information content (AvgIpc) is 2.67. The number of rotatable bonds is 14. The molecule has 0 heterocycles. The molecular formula is C29H50O3. The predicted octanol–water partition coefficient (Wildman–Crippen LogP) is 8.54. The van der Waals surface area contributed by atoms with Crippen LogP contribution in [0.4, 0.5) is 0 Å². The molecule has 184 valence electrons. The van der Waals surface area contributed by atoms with E-state index in [2.05, 4.69) is 54.5 Å². The molecule has 0 saturated carbocycles. The lowest BCUT2D eigenvalue weighted by atomic mass is 9.77. The van der Waals surface area contributed by atoms with E-state index in [1.165, 1.54) is 51.4 Å². The first-order valence-corrected chi connectivity index (χ1v) is 13.0. The number of aromatic hydroxyl groups is 1. The summed E-state index contributed by atoms with van der Waals surface area (Å²) < 4.78 is 0. The fourth-order valence-electron chi connectivity index (χ4n) is 4.31. The summed E-state index contributed by atoms with van der Waals surface area (Å²) in [7, 11) is 0. The van der Waals surface area contributed by atoms with E-state index in [1.54, 1.807) is 0 Å². The van der Waals surface area contributed by atoms with E-state index >= 15 is 0 Å². The van der Waals surface area contributed by atoms with Crippen molar-refractivity contribution in [3.05, 3.63) is 28.8 Å². The molecule has 0 saturated heterocycles. The van der Waals surface area contributed by atoms with Gasteiger partial charge in [0.05, 0.1) is 5.92 Å². The lowest BCUT2D eigenvalue weighted by Crippen LogP contribution is -2.20. The van der Waals surface area contributed by atoms with E-state index in [9.17, 15) is 15.0 Å². The summed E-state index contributed by atoms with van der Waals surface area (Å²) in [5.41, 5.74) is 2.58. The first kappa shape index (κ1) is 28.5. The Kier molecular flexibility index (Phi) is 11.8. The third-order valence-electron chi connectivity index (χ3n) is 6.58. The fraction of sp³-hybridized carbons (Fsp3) is 0.759. The Morgan fingerprint density at radius 3 is 1.75 bits per heavy atom. The highest BCUT2D eigenvalue weighted by Crippen LogP contribution is 2.39. The van der Waals surface area contributed by atoms with Crippen LogP contribution in [0.3, 0.4) is 0 Å². The summed E-state index contributed by atoms with van der Waals surface area (Å²) in [5.74, 6) is -0.920. The number of carboxylic acids is 1. The van der Waals surface area contributed by atoms with Crippen LogP contribution in [-0.4, -0.2) is 16.2 Å². The number of carbonyl (C=O) groups is 1. The Labute approximate surface area is 198 Å². The number of carboxylic acid groups (broad SMARTS) is 1. The van der Waals surface area contributed by atoms with Crippen molar-refractivity contribution in [2.75, 3.05) is 0 Å². The summed E-state index contributed by atoms with van der Waals surface area (Å²) in [6.07, 6.45) is 13.5. The van der Waals surface area contributed by atoms with E-state index in [0.29, 0.717) is 12.8 Å². The summed E-state index contributed by atoms with van der Waals surface area (Å²) >= 11 is 0. The Morgan fingerprint density at radius 1 is 0.812 bits per heavy atom. The molecule has 0 aliphatic heterocycles. The first-order valence-electron chi connectivity index (χ1n) is 13.0. The minimum Gasteiger partial charge on any atom is -0.507 e. The second kappa shape index (κ2) is 13.3. The van der Waals surface area contributed by atoms with Gasteiger partial charge in [0.1, 0.15) is 5.75 Å². The van der Waals surface area contributed by atoms with E-state index < -0.39 is 11.9 Å². The quantitative estimate of drug-likeness (QED) is 0.281. The van der Waals surface area contributed by atoms with Gasteiger partial charge in [-0.25, -0.2) is 0 Å². The van der Waals surface area contributed by atoms with E-state index in [-0.39, 0.29) is 16.6 Å². The van der Waals surface area contributed by atoms with Crippen LogP contribution in [0, 0.1) is 5.92 Å². The Balaban J connectivity index is 2.71. The molecular weight excluding hydrogens is 396 g/mol. The number of benzene rings is 1. The van der Waals surface area contributed by atoms with Gasteiger partial charge in [-0.05, 0) is 40.4 Å². The smallest absolute Gasteiger partial charge is 0.306 e. The average molecular weight is 447 g/mol. The van der Waals surface area contributed by atoms with E-state index in [4.69, 9.17) is 0 Å². The first-order chi connectivity index (χ1) is 14.9. The van der Waals surface area contributed by atoms with Crippen LogP contribution in [0.25, 0.3) is 0 Å². The lowest BCUT2D eigenvalue weighted by molar-refractivity contribution is -0.142. The van der Waals surface area contributed by atoms with Crippen molar-refractivity contribution in [1.29, 1.82) is 0 Å². The number of phenolic OH excluding ortho intramolecular Hbond substituents is 1. The SMILES string of the molecule is CCCCCCCCCCCCC(Cc1cc(C(C)(C)C)cc(C(C)(C)C)c1O)C(=O)O. The maximum Gasteiger partial charge on any atom is 0.306 e. The zero-order valence-electron chi connectivity index (χ0n) is 22.0. The van der Waals surface area contributed by atoms with Gasteiger partial charge in [-0.15, -0.1) is 0 Å². The van der Waals surface area contributed by atoms with Crippen molar-refractivity contribution < 1.29 is 15.0 Å². The van der Waals surface area contributed by atoms with Gasteiger partial charge in [-0.2, -0.15) is 0 Å². The van der Waals surface area contributed by atoms with Gasteiger partial charge in [0.2, 0.25) is 0 Å². The molecule has 0 bridgehead atoms.